The molecule has 21 heavy (non-hydrogen) atoms. The molecule has 0 aromatic carbocycles. The summed E-state index contributed by atoms with van der Waals surface area (Å²) in [7, 11) is -1.64. The third-order valence-electron chi connectivity index (χ3n) is 2.02. The highest BCUT2D eigenvalue weighted by atomic mass is 31.2. The van der Waals surface area contributed by atoms with Gasteiger partial charge in [-0.2, -0.15) is 0 Å². The van der Waals surface area contributed by atoms with Gasteiger partial charge in [0.15, 0.2) is 5.96 Å². The summed E-state index contributed by atoms with van der Waals surface area (Å²) in [5, 5.41) is 17.6. The van der Waals surface area contributed by atoms with Gasteiger partial charge < -0.3 is 30.4 Å². The Hall–Kier alpha value is -2.17. The molecule has 0 radical (unpaired) electrons. The van der Waals surface area contributed by atoms with E-state index in [0.717, 1.165) is 4.90 Å². The second kappa shape index (κ2) is 7.57. The van der Waals surface area contributed by atoms with Crippen molar-refractivity contribution in [1.82, 2.24) is 15.1 Å². The van der Waals surface area contributed by atoms with E-state index in [1.165, 1.54) is 7.05 Å². The third-order valence-corrected chi connectivity index (χ3v) is 2.48. The monoisotopic (exact) mass is 324 g/mol. The number of nitrogens with one attached hydrogen (secondary N) is 2. The van der Waals surface area contributed by atoms with Crippen LogP contribution in [0.2, 0.25) is 0 Å². The maximum atomic E-state index is 10.4. The van der Waals surface area contributed by atoms with Crippen LogP contribution in [0.1, 0.15) is 0 Å². The highest BCUT2D eigenvalue weighted by Crippen LogP contribution is 2.35. The molecule has 1 fully saturated rings. The Kier molecular flexibility index (Phi) is 6.79. The summed E-state index contributed by atoms with van der Waals surface area (Å²) in [5.41, 5.74) is 5.07. The molecule has 1 heterocycles. The number of nitrogens with zero attached hydrogens (tertiary/aromatic N) is 3. The summed E-state index contributed by atoms with van der Waals surface area (Å²) < 4.78 is 13.1. The minimum Gasteiger partial charge on any atom is -0.480 e. The lowest BCUT2D eigenvalue weighted by atomic mass is 10.6. The van der Waals surface area contributed by atoms with Gasteiger partial charge in [0.1, 0.15) is 6.54 Å². The molecule has 0 unspecified atom stereocenters. The minimum absolute atomic E-state index is 0.0995. The number of carbonyl (C=O) groups excluding carboxylic acids is 1. The summed E-state index contributed by atoms with van der Waals surface area (Å²) in [4.78, 5) is 39.6. The molecule has 1 rings (SSSR count). The fraction of sp³-hybridized carbons (Fsp3) is 0.500. The standard InChI is InChI=1S/C4H10N3O5P.C4H7N3O/c1-7(2-3(8)9)4(5)6-13(10,11)12;1-7-2-3(8)6-4(7)5/h2H2,1H3,(H,8,9)(H4,5,6,10,11,12);2H2,1H3,(H2,5,6,8). The highest BCUT2D eigenvalue weighted by molar-refractivity contribution is 7.50. The van der Waals surface area contributed by atoms with E-state index in [0.29, 0.717) is 6.54 Å². The van der Waals surface area contributed by atoms with E-state index in [-0.39, 0.29) is 11.9 Å². The number of carboxylic acids is 1. The average molecular weight is 324 g/mol. The molecule has 1 saturated heterocycles. The first-order valence-corrected chi connectivity index (χ1v) is 6.92. The van der Waals surface area contributed by atoms with Gasteiger partial charge in [-0.1, -0.05) is 0 Å². The number of aliphatic carboxylic acids is 1. The predicted octanol–water partition coefficient (Wildman–Crippen LogP) is -2.61. The van der Waals surface area contributed by atoms with Gasteiger partial charge in [-0.25, -0.2) is 4.57 Å². The van der Waals surface area contributed by atoms with Crippen molar-refractivity contribution in [2.24, 2.45) is 10.5 Å². The SMILES string of the molecule is CN(CC(=O)O)C(N)=NP(=O)(O)O.CN1CC(=O)NC1=N. The second-order valence-electron chi connectivity index (χ2n) is 3.97. The first kappa shape index (κ1) is 18.8. The largest absolute Gasteiger partial charge is 0.480 e. The van der Waals surface area contributed by atoms with Crippen LogP contribution in [0.25, 0.3) is 0 Å². The van der Waals surface area contributed by atoms with Gasteiger partial charge in [-0.3, -0.25) is 20.3 Å². The zero-order chi connectivity index (χ0) is 16.8. The van der Waals surface area contributed by atoms with Gasteiger partial charge in [-0.05, 0) is 0 Å². The van der Waals surface area contributed by atoms with E-state index in [4.69, 9.17) is 26.0 Å². The number of hydrogen-bond donors (Lipinski definition) is 6. The van der Waals surface area contributed by atoms with Crippen molar-refractivity contribution in [2.75, 3.05) is 27.2 Å². The maximum absolute atomic E-state index is 10.4. The molecule has 0 bridgehead atoms. The molecule has 0 aliphatic carbocycles. The van der Waals surface area contributed by atoms with Crippen molar-refractivity contribution in [3.63, 3.8) is 0 Å². The molecule has 1 aliphatic rings. The Morgan fingerprint density at radius 1 is 1.62 bits per heavy atom. The van der Waals surface area contributed by atoms with E-state index in [1.54, 1.807) is 11.9 Å². The van der Waals surface area contributed by atoms with Crippen LogP contribution in [0.5, 0.6) is 0 Å². The van der Waals surface area contributed by atoms with Gasteiger partial charge >= 0.3 is 13.7 Å². The van der Waals surface area contributed by atoms with Crippen molar-refractivity contribution in [2.45, 2.75) is 0 Å². The quantitative estimate of drug-likeness (QED) is 0.183. The number of hydrogen-bond acceptors (Lipinski definition) is 4. The summed E-state index contributed by atoms with van der Waals surface area (Å²) in [6, 6.07) is 0. The maximum Gasteiger partial charge on any atom is 0.451 e. The molecular weight excluding hydrogens is 307 g/mol. The molecule has 0 spiro atoms. The Labute approximate surface area is 120 Å². The first-order valence-electron chi connectivity index (χ1n) is 5.36. The smallest absolute Gasteiger partial charge is 0.451 e. The van der Waals surface area contributed by atoms with Crippen molar-refractivity contribution < 1.29 is 29.0 Å². The van der Waals surface area contributed by atoms with E-state index < -0.39 is 26.2 Å². The molecule has 120 valence electrons. The highest BCUT2D eigenvalue weighted by Gasteiger charge is 2.18. The zero-order valence-electron chi connectivity index (χ0n) is 11.3. The lowest BCUT2D eigenvalue weighted by molar-refractivity contribution is -0.137. The Balaban J connectivity index is 0.000000423. The number of carbonyl (C=O) groups is 2. The van der Waals surface area contributed by atoms with Crippen LogP contribution in [0.3, 0.4) is 0 Å². The van der Waals surface area contributed by atoms with Crippen molar-refractivity contribution in [3.05, 3.63) is 0 Å². The Bertz CT molecular complexity index is 501. The number of carboxylic acid groups (broad SMARTS) is 1. The van der Waals surface area contributed by atoms with Crippen LogP contribution >= 0.6 is 7.75 Å². The summed E-state index contributed by atoms with van der Waals surface area (Å²) in [6.07, 6.45) is 0. The fourth-order valence-corrected chi connectivity index (χ4v) is 1.47. The van der Waals surface area contributed by atoms with E-state index in [2.05, 4.69) is 10.1 Å². The lowest BCUT2D eigenvalue weighted by Gasteiger charge is -2.14. The predicted molar refractivity (Wildman–Crippen MR) is 72.4 cm³/mol. The molecule has 1 amide bonds. The van der Waals surface area contributed by atoms with Crippen molar-refractivity contribution in [3.8, 4) is 0 Å². The van der Waals surface area contributed by atoms with Crippen LogP contribution in [0.4, 0.5) is 0 Å². The van der Waals surface area contributed by atoms with Crippen molar-refractivity contribution >= 4 is 31.5 Å². The van der Waals surface area contributed by atoms with E-state index in [1.807, 2.05) is 0 Å². The number of rotatable bonds is 3. The second-order valence-corrected chi connectivity index (χ2v) is 5.20. The van der Waals surface area contributed by atoms with Crippen LogP contribution in [0.15, 0.2) is 4.76 Å². The van der Waals surface area contributed by atoms with E-state index >= 15 is 0 Å². The molecule has 0 aromatic rings. The third kappa shape index (κ3) is 8.57. The molecule has 12 nitrogen and oxygen atoms in total. The fourth-order valence-electron chi connectivity index (χ4n) is 1.06. The number of guanidine groups is 2. The van der Waals surface area contributed by atoms with Crippen LogP contribution < -0.4 is 11.1 Å². The number of nitrogens with two attached hydrogens (primary N) is 1. The minimum atomic E-state index is -4.59. The summed E-state index contributed by atoms with van der Waals surface area (Å²) >= 11 is 0. The average Bonchev–Trinajstić information content (AvgIpc) is 2.53. The van der Waals surface area contributed by atoms with E-state index in [9.17, 15) is 14.2 Å². The van der Waals surface area contributed by atoms with Gasteiger partial charge in [0, 0.05) is 14.1 Å². The zero-order valence-corrected chi connectivity index (χ0v) is 12.2. The van der Waals surface area contributed by atoms with Gasteiger partial charge in [0.05, 0.1) is 6.54 Å². The summed E-state index contributed by atoms with van der Waals surface area (Å²) in [5.74, 6) is -1.60. The van der Waals surface area contributed by atoms with Gasteiger partial charge in [-0.15, -0.1) is 4.76 Å². The van der Waals surface area contributed by atoms with Gasteiger partial charge in [0.2, 0.25) is 11.9 Å². The van der Waals surface area contributed by atoms with Crippen LogP contribution in [-0.2, 0) is 14.2 Å². The van der Waals surface area contributed by atoms with Crippen LogP contribution in [0, 0.1) is 5.41 Å². The molecule has 1 aliphatic heterocycles. The van der Waals surface area contributed by atoms with Crippen molar-refractivity contribution in [1.29, 1.82) is 5.41 Å². The lowest BCUT2D eigenvalue weighted by Crippen LogP contribution is -2.37. The molecule has 0 saturated carbocycles. The molecular formula is C8H17N6O6P. The topological polar surface area (TPSA) is 193 Å². The van der Waals surface area contributed by atoms with Crippen LogP contribution in [-0.4, -0.2) is 75.7 Å². The molecule has 7 N–H and O–H groups in total. The molecule has 0 aromatic heterocycles. The molecule has 13 heteroatoms. The number of amides is 1. The summed E-state index contributed by atoms with van der Waals surface area (Å²) in [6.45, 7) is -0.159. The Morgan fingerprint density at radius 3 is 2.38 bits per heavy atom. The normalized spacial score (nSPS) is 15.2. The van der Waals surface area contributed by atoms with Gasteiger partial charge in [0.25, 0.3) is 0 Å². The Morgan fingerprint density at radius 2 is 2.14 bits per heavy atom. The number of likely N-dealkylation sites (N-methyl/N-ethyl adjacent to an activating group) is 2. The molecule has 0 atom stereocenters. The first-order chi connectivity index (χ1) is 9.42.